The van der Waals surface area contributed by atoms with Crippen molar-refractivity contribution < 1.29 is 8.95 Å². The second-order valence-corrected chi connectivity index (χ2v) is 3.93. The summed E-state index contributed by atoms with van der Waals surface area (Å²) in [6, 6.07) is 0. The van der Waals surface area contributed by atoms with Gasteiger partial charge in [0.15, 0.2) is 0 Å². The van der Waals surface area contributed by atoms with E-state index in [2.05, 4.69) is 0 Å². The highest BCUT2D eigenvalue weighted by atomic mass is 32.2. The average Bonchev–Trinajstić information content (AvgIpc) is 2.08. The van der Waals surface area contributed by atoms with E-state index in [-0.39, 0.29) is 6.10 Å². The molecule has 1 saturated heterocycles. The van der Waals surface area contributed by atoms with E-state index in [0.717, 1.165) is 24.3 Å². The minimum atomic E-state index is -0.595. The summed E-state index contributed by atoms with van der Waals surface area (Å²) in [5, 5.41) is 0. The lowest BCUT2D eigenvalue weighted by Crippen LogP contribution is -2.26. The van der Waals surface area contributed by atoms with Gasteiger partial charge >= 0.3 is 0 Å². The minimum Gasteiger partial charge on any atom is -0.381 e. The number of rotatable bonds is 1. The van der Waals surface area contributed by atoms with Crippen LogP contribution in [0.25, 0.3) is 0 Å². The first-order valence-corrected chi connectivity index (χ1v) is 5.69. The van der Waals surface area contributed by atoms with Crippen molar-refractivity contribution in [3.05, 3.63) is 0 Å². The average molecular weight is 178 g/mol. The highest BCUT2D eigenvalue weighted by molar-refractivity contribution is 7.85. The molecule has 2 unspecified atom stereocenters. The third kappa shape index (κ3) is 4.53. The van der Waals surface area contributed by atoms with Crippen molar-refractivity contribution in [2.24, 2.45) is 0 Å². The van der Waals surface area contributed by atoms with E-state index in [1.54, 1.807) is 7.11 Å². The monoisotopic (exact) mass is 178 g/mol. The van der Waals surface area contributed by atoms with Crippen LogP contribution in [0.4, 0.5) is 0 Å². The molecule has 1 heterocycles. The van der Waals surface area contributed by atoms with E-state index in [1.165, 1.54) is 0 Å². The maximum absolute atomic E-state index is 10.9. The molecule has 68 valence electrons. The van der Waals surface area contributed by atoms with Gasteiger partial charge in [0.05, 0.1) is 6.10 Å². The van der Waals surface area contributed by atoms with Gasteiger partial charge in [0.1, 0.15) is 0 Å². The van der Waals surface area contributed by atoms with Crippen LogP contribution in [-0.4, -0.2) is 28.9 Å². The SMILES string of the molecule is CC.COC1CCCS(=O)C1. The Kier molecular flexibility index (Phi) is 6.87. The molecule has 3 heteroatoms. The fourth-order valence-electron chi connectivity index (χ4n) is 1.03. The number of methoxy groups -OCH3 is 1. The van der Waals surface area contributed by atoms with E-state index in [4.69, 9.17) is 4.74 Å². The molecular formula is C8H18O2S. The molecule has 0 saturated carbocycles. The highest BCUT2D eigenvalue weighted by Crippen LogP contribution is 2.10. The van der Waals surface area contributed by atoms with Gasteiger partial charge in [-0.1, -0.05) is 13.8 Å². The normalized spacial score (nSPS) is 30.5. The van der Waals surface area contributed by atoms with Crippen molar-refractivity contribution in [2.45, 2.75) is 32.8 Å². The fourth-order valence-corrected chi connectivity index (χ4v) is 2.40. The summed E-state index contributed by atoms with van der Waals surface area (Å²) in [6.07, 6.45) is 2.41. The van der Waals surface area contributed by atoms with Gasteiger partial charge in [-0.25, -0.2) is 0 Å². The third-order valence-corrected chi connectivity index (χ3v) is 3.09. The molecule has 0 aromatic heterocycles. The molecule has 0 radical (unpaired) electrons. The topological polar surface area (TPSA) is 26.3 Å². The second-order valence-electron chi connectivity index (χ2n) is 2.31. The molecule has 1 aliphatic heterocycles. The van der Waals surface area contributed by atoms with Gasteiger partial charge in [0.25, 0.3) is 0 Å². The van der Waals surface area contributed by atoms with E-state index in [1.807, 2.05) is 13.8 Å². The second kappa shape index (κ2) is 6.80. The van der Waals surface area contributed by atoms with Crippen molar-refractivity contribution >= 4 is 10.8 Å². The molecule has 1 fully saturated rings. The van der Waals surface area contributed by atoms with Gasteiger partial charge in [0.2, 0.25) is 0 Å². The van der Waals surface area contributed by atoms with Crippen LogP contribution in [0.3, 0.4) is 0 Å². The van der Waals surface area contributed by atoms with Crippen LogP contribution >= 0.6 is 0 Å². The van der Waals surface area contributed by atoms with Gasteiger partial charge in [-0.2, -0.15) is 0 Å². The number of ether oxygens (including phenoxy) is 1. The summed E-state index contributed by atoms with van der Waals surface area (Å²) in [5.74, 6) is 1.62. The molecule has 0 aliphatic carbocycles. The molecule has 0 N–H and O–H groups in total. The van der Waals surface area contributed by atoms with E-state index >= 15 is 0 Å². The molecule has 0 spiro atoms. The Hall–Kier alpha value is 0.110. The first kappa shape index (κ1) is 11.1. The molecule has 2 atom stereocenters. The molecular weight excluding hydrogens is 160 g/mol. The lowest BCUT2D eigenvalue weighted by molar-refractivity contribution is 0.111. The summed E-state index contributed by atoms with van der Waals surface area (Å²) >= 11 is 0. The predicted molar refractivity (Wildman–Crippen MR) is 49.3 cm³/mol. The smallest absolute Gasteiger partial charge is 0.0686 e. The number of hydrogen-bond donors (Lipinski definition) is 0. The Balaban J connectivity index is 0.000000461. The molecule has 0 aromatic rings. The summed E-state index contributed by atoms with van der Waals surface area (Å²) in [7, 11) is 1.09. The maximum atomic E-state index is 10.9. The summed E-state index contributed by atoms with van der Waals surface area (Å²) in [4.78, 5) is 0. The van der Waals surface area contributed by atoms with Crippen molar-refractivity contribution in [1.29, 1.82) is 0 Å². The first-order valence-electron chi connectivity index (χ1n) is 4.20. The zero-order valence-corrected chi connectivity index (χ0v) is 8.45. The summed E-state index contributed by atoms with van der Waals surface area (Å²) in [6.45, 7) is 4.00. The van der Waals surface area contributed by atoms with Gasteiger partial charge in [-0.15, -0.1) is 0 Å². The molecule has 0 bridgehead atoms. The largest absolute Gasteiger partial charge is 0.381 e. The molecule has 1 rings (SSSR count). The van der Waals surface area contributed by atoms with Gasteiger partial charge in [0, 0.05) is 29.4 Å². The Morgan fingerprint density at radius 3 is 2.45 bits per heavy atom. The van der Waals surface area contributed by atoms with Gasteiger partial charge in [-0.3, -0.25) is 4.21 Å². The lowest BCUT2D eigenvalue weighted by atomic mass is 10.2. The van der Waals surface area contributed by atoms with E-state index in [9.17, 15) is 4.21 Å². The van der Waals surface area contributed by atoms with Gasteiger partial charge in [-0.05, 0) is 12.8 Å². The minimum absolute atomic E-state index is 0.264. The van der Waals surface area contributed by atoms with Crippen molar-refractivity contribution in [1.82, 2.24) is 0 Å². The lowest BCUT2D eigenvalue weighted by Gasteiger charge is -2.18. The van der Waals surface area contributed by atoms with Crippen LogP contribution in [0.15, 0.2) is 0 Å². The van der Waals surface area contributed by atoms with Crippen molar-refractivity contribution in [3.8, 4) is 0 Å². The van der Waals surface area contributed by atoms with Gasteiger partial charge < -0.3 is 4.74 Å². The van der Waals surface area contributed by atoms with E-state index < -0.39 is 10.8 Å². The van der Waals surface area contributed by atoms with E-state index in [0.29, 0.717) is 0 Å². The Labute approximate surface area is 71.8 Å². The van der Waals surface area contributed by atoms with Crippen LogP contribution in [0.1, 0.15) is 26.7 Å². The molecule has 0 amide bonds. The zero-order chi connectivity index (χ0) is 8.69. The molecule has 11 heavy (non-hydrogen) atoms. The zero-order valence-electron chi connectivity index (χ0n) is 7.63. The molecule has 1 aliphatic rings. The van der Waals surface area contributed by atoms with Crippen LogP contribution in [0.2, 0.25) is 0 Å². The Morgan fingerprint density at radius 1 is 1.45 bits per heavy atom. The third-order valence-electron chi connectivity index (χ3n) is 1.60. The maximum Gasteiger partial charge on any atom is 0.0686 e. The fraction of sp³-hybridized carbons (Fsp3) is 1.00. The Bertz CT molecular complexity index is 115. The first-order chi connectivity index (χ1) is 5.33. The van der Waals surface area contributed by atoms with Crippen LogP contribution in [-0.2, 0) is 15.5 Å². The van der Waals surface area contributed by atoms with Crippen LogP contribution in [0, 0.1) is 0 Å². The van der Waals surface area contributed by atoms with Crippen LogP contribution in [0.5, 0.6) is 0 Å². The molecule has 2 nitrogen and oxygen atoms in total. The summed E-state index contributed by atoms with van der Waals surface area (Å²) < 4.78 is 15.9. The standard InChI is InChI=1S/C6H12O2S.C2H6/c1-8-6-3-2-4-9(7)5-6;1-2/h6H,2-5H2,1H3;1-2H3. The Morgan fingerprint density at radius 2 is 2.09 bits per heavy atom. The summed E-state index contributed by atoms with van der Waals surface area (Å²) in [5.41, 5.74) is 0. The number of hydrogen-bond acceptors (Lipinski definition) is 2. The quantitative estimate of drug-likeness (QED) is 0.609. The molecule has 0 aromatic carbocycles. The van der Waals surface area contributed by atoms with Crippen molar-refractivity contribution in [2.75, 3.05) is 18.6 Å². The van der Waals surface area contributed by atoms with Crippen LogP contribution < -0.4 is 0 Å². The highest BCUT2D eigenvalue weighted by Gasteiger charge is 2.16. The predicted octanol–water partition coefficient (Wildman–Crippen LogP) is 1.57. The van der Waals surface area contributed by atoms with Crippen molar-refractivity contribution in [3.63, 3.8) is 0 Å².